The van der Waals surface area contributed by atoms with Crippen molar-refractivity contribution < 1.29 is 9.47 Å². The average Bonchev–Trinajstić information content (AvgIpc) is 2.32. The van der Waals surface area contributed by atoms with Crippen molar-refractivity contribution in [3.63, 3.8) is 0 Å². The maximum Gasteiger partial charge on any atom is 0.161 e. The van der Waals surface area contributed by atoms with Crippen molar-refractivity contribution >= 4 is 5.69 Å². The number of nitrogens with two attached hydrogens (primary N) is 1. The van der Waals surface area contributed by atoms with Gasteiger partial charge in [-0.3, -0.25) is 0 Å². The Labute approximate surface area is 104 Å². The summed E-state index contributed by atoms with van der Waals surface area (Å²) in [5.74, 6) is 0. The van der Waals surface area contributed by atoms with Crippen LogP contribution in [0.25, 0.3) is 0 Å². The van der Waals surface area contributed by atoms with Crippen LogP contribution in [-0.2, 0) is 22.3 Å². The molecule has 0 saturated carbocycles. The summed E-state index contributed by atoms with van der Waals surface area (Å²) in [4.78, 5) is 0. The van der Waals surface area contributed by atoms with Crippen LogP contribution < -0.4 is 5.73 Å². The molecule has 2 N–H and O–H groups in total. The Morgan fingerprint density at radius 3 is 2.29 bits per heavy atom. The van der Waals surface area contributed by atoms with Crippen molar-refractivity contribution in [2.75, 3.05) is 18.9 Å². The molecule has 1 rings (SSSR count). The van der Waals surface area contributed by atoms with Crippen molar-refractivity contribution in [3.8, 4) is 0 Å². The van der Waals surface area contributed by atoms with Gasteiger partial charge in [0.2, 0.25) is 0 Å². The van der Waals surface area contributed by atoms with Crippen LogP contribution in [0.4, 0.5) is 5.69 Å². The number of aryl methyl sites for hydroxylation is 1. The van der Waals surface area contributed by atoms with E-state index in [4.69, 9.17) is 15.2 Å². The van der Waals surface area contributed by atoms with Gasteiger partial charge >= 0.3 is 0 Å². The predicted molar refractivity (Wildman–Crippen MR) is 71.0 cm³/mol. The number of rotatable bonds is 7. The van der Waals surface area contributed by atoms with Crippen molar-refractivity contribution in [2.45, 2.75) is 39.9 Å². The maximum atomic E-state index is 6.03. The summed E-state index contributed by atoms with van der Waals surface area (Å²) in [6.07, 6.45) is 1.50. The summed E-state index contributed by atoms with van der Waals surface area (Å²) in [6.45, 7) is 7.38. The van der Waals surface area contributed by atoms with Crippen LogP contribution in [0.3, 0.4) is 0 Å². The molecule has 17 heavy (non-hydrogen) atoms. The summed E-state index contributed by atoms with van der Waals surface area (Å²) in [5.41, 5.74) is 9.28. The molecule has 0 unspecified atom stereocenters. The van der Waals surface area contributed by atoms with E-state index in [0.717, 1.165) is 24.1 Å². The van der Waals surface area contributed by atoms with Crippen molar-refractivity contribution in [1.82, 2.24) is 0 Å². The maximum absolute atomic E-state index is 6.03. The largest absolute Gasteiger partial charge is 0.398 e. The fourth-order valence-electron chi connectivity index (χ4n) is 1.94. The van der Waals surface area contributed by atoms with Gasteiger partial charge < -0.3 is 15.2 Å². The zero-order valence-electron chi connectivity index (χ0n) is 11.0. The highest BCUT2D eigenvalue weighted by Crippen LogP contribution is 2.20. The van der Waals surface area contributed by atoms with E-state index in [-0.39, 0.29) is 6.29 Å². The molecule has 0 aliphatic rings. The van der Waals surface area contributed by atoms with E-state index in [2.05, 4.69) is 13.0 Å². The lowest BCUT2D eigenvalue weighted by molar-refractivity contribution is -0.134. The predicted octanol–water partition coefficient (Wildman–Crippen LogP) is 2.77. The monoisotopic (exact) mass is 237 g/mol. The van der Waals surface area contributed by atoms with Crippen LogP contribution in [-0.4, -0.2) is 19.5 Å². The fraction of sp³-hybridized carbons (Fsp3) is 0.571. The van der Waals surface area contributed by atoms with Gasteiger partial charge in [-0.15, -0.1) is 0 Å². The molecule has 3 heteroatoms. The molecule has 0 aliphatic heterocycles. The number of hydrogen-bond acceptors (Lipinski definition) is 3. The molecule has 0 saturated heterocycles. The Kier molecular flexibility index (Phi) is 6.01. The second-order valence-electron chi connectivity index (χ2n) is 3.88. The SMILES string of the molecule is CCOC(Cc1c(N)cccc1CC)OCC. The highest BCUT2D eigenvalue weighted by atomic mass is 16.7. The lowest BCUT2D eigenvalue weighted by atomic mass is 10.0. The van der Waals surface area contributed by atoms with E-state index in [0.29, 0.717) is 13.2 Å². The van der Waals surface area contributed by atoms with Gasteiger partial charge in [0.15, 0.2) is 6.29 Å². The van der Waals surface area contributed by atoms with Gasteiger partial charge in [0, 0.05) is 25.3 Å². The van der Waals surface area contributed by atoms with Gasteiger partial charge in [-0.1, -0.05) is 19.1 Å². The molecule has 0 heterocycles. The van der Waals surface area contributed by atoms with Crippen molar-refractivity contribution in [1.29, 1.82) is 0 Å². The van der Waals surface area contributed by atoms with E-state index in [9.17, 15) is 0 Å². The molecule has 0 bridgehead atoms. The average molecular weight is 237 g/mol. The Balaban J connectivity index is 2.83. The summed E-state index contributed by atoms with van der Waals surface area (Å²) in [7, 11) is 0. The topological polar surface area (TPSA) is 44.5 Å². The molecule has 96 valence electrons. The third kappa shape index (κ3) is 4.02. The molecule has 0 aliphatic carbocycles. The second kappa shape index (κ2) is 7.30. The Hall–Kier alpha value is -1.06. The van der Waals surface area contributed by atoms with Gasteiger partial charge in [-0.05, 0) is 37.5 Å². The fourth-order valence-corrected chi connectivity index (χ4v) is 1.94. The number of nitrogen functional groups attached to an aromatic ring is 1. The first-order valence-corrected chi connectivity index (χ1v) is 6.32. The third-order valence-corrected chi connectivity index (χ3v) is 2.77. The Morgan fingerprint density at radius 1 is 1.12 bits per heavy atom. The van der Waals surface area contributed by atoms with Crippen LogP contribution in [0.5, 0.6) is 0 Å². The third-order valence-electron chi connectivity index (χ3n) is 2.77. The van der Waals surface area contributed by atoms with E-state index >= 15 is 0 Å². The number of ether oxygens (including phenoxy) is 2. The van der Waals surface area contributed by atoms with E-state index in [1.54, 1.807) is 0 Å². The van der Waals surface area contributed by atoms with Crippen LogP contribution in [0, 0.1) is 0 Å². The smallest absolute Gasteiger partial charge is 0.161 e. The minimum Gasteiger partial charge on any atom is -0.398 e. The molecule has 0 fully saturated rings. The van der Waals surface area contributed by atoms with Crippen LogP contribution in [0.1, 0.15) is 31.9 Å². The summed E-state index contributed by atoms with van der Waals surface area (Å²) in [6, 6.07) is 6.04. The minimum atomic E-state index is -0.194. The zero-order chi connectivity index (χ0) is 12.7. The zero-order valence-corrected chi connectivity index (χ0v) is 11.0. The first-order valence-electron chi connectivity index (χ1n) is 6.32. The molecule has 0 radical (unpaired) electrons. The lowest BCUT2D eigenvalue weighted by Gasteiger charge is -2.19. The van der Waals surface area contributed by atoms with Crippen molar-refractivity contribution in [2.24, 2.45) is 0 Å². The minimum absolute atomic E-state index is 0.194. The number of hydrogen-bond donors (Lipinski definition) is 1. The molecular formula is C14H23NO2. The normalized spacial score (nSPS) is 11.1. The molecule has 0 atom stereocenters. The van der Waals surface area contributed by atoms with E-state index in [1.165, 1.54) is 5.56 Å². The van der Waals surface area contributed by atoms with Crippen LogP contribution >= 0.6 is 0 Å². The summed E-state index contributed by atoms with van der Waals surface area (Å²) >= 11 is 0. The van der Waals surface area contributed by atoms with E-state index < -0.39 is 0 Å². The van der Waals surface area contributed by atoms with Crippen LogP contribution in [0.15, 0.2) is 18.2 Å². The van der Waals surface area contributed by atoms with Gasteiger partial charge in [-0.2, -0.15) is 0 Å². The Bertz CT molecular complexity index is 333. The number of anilines is 1. The van der Waals surface area contributed by atoms with Gasteiger partial charge in [0.1, 0.15) is 0 Å². The van der Waals surface area contributed by atoms with Crippen molar-refractivity contribution in [3.05, 3.63) is 29.3 Å². The molecule has 0 spiro atoms. The summed E-state index contributed by atoms with van der Waals surface area (Å²) < 4.78 is 11.1. The molecular weight excluding hydrogens is 214 g/mol. The van der Waals surface area contributed by atoms with E-state index in [1.807, 2.05) is 26.0 Å². The molecule has 3 nitrogen and oxygen atoms in total. The molecule has 0 amide bonds. The highest BCUT2D eigenvalue weighted by molar-refractivity contribution is 5.51. The van der Waals surface area contributed by atoms with Crippen LogP contribution in [0.2, 0.25) is 0 Å². The Morgan fingerprint density at radius 2 is 1.76 bits per heavy atom. The molecule has 0 aromatic heterocycles. The highest BCUT2D eigenvalue weighted by Gasteiger charge is 2.13. The molecule has 1 aromatic rings. The first kappa shape index (κ1) is 14.0. The first-order chi connectivity index (χ1) is 8.22. The summed E-state index contributed by atoms with van der Waals surface area (Å²) in [5, 5.41) is 0. The molecule has 1 aromatic carbocycles. The lowest BCUT2D eigenvalue weighted by Crippen LogP contribution is -2.21. The standard InChI is InChI=1S/C14H23NO2/c1-4-11-8-7-9-13(15)12(11)10-14(16-5-2)17-6-3/h7-9,14H,4-6,10,15H2,1-3H3. The second-order valence-corrected chi connectivity index (χ2v) is 3.88. The van der Waals surface area contributed by atoms with Gasteiger partial charge in [-0.25, -0.2) is 0 Å². The number of benzene rings is 1. The van der Waals surface area contributed by atoms with Gasteiger partial charge in [0.25, 0.3) is 0 Å². The quantitative estimate of drug-likeness (QED) is 0.586. The van der Waals surface area contributed by atoms with Gasteiger partial charge in [0.05, 0.1) is 0 Å².